The van der Waals surface area contributed by atoms with Gasteiger partial charge in [-0.2, -0.15) is 0 Å². The van der Waals surface area contributed by atoms with Gasteiger partial charge in [-0.1, -0.05) is 23.9 Å². The first kappa shape index (κ1) is 30.4. The molecular formula is C24H25N11O7S2. The van der Waals surface area contributed by atoms with E-state index in [0.717, 1.165) is 16.0 Å². The Morgan fingerprint density at radius 2 is 2.00 bits per heavy atom. The first-order valence-electron chi connectivity index (χ1n) is 12.7. The van der Waals surface area contributed by atoms with Crippen molar-refractivity contribution in [3.8, 4) is 5.75 Å². The molecule has 4 heterocycles. The molecule has 1 saturated heterocycles. The second-order valence-corrected chi connectivity index (χ2v) is 11.5. The molecule has 2 unspecified atom stereocenters. The number of thioether (sulfide) groups is 2. The van der Waals surface area contributed by atoms with Crippen molar-refractivity contribution in [1.82, 2.24) is 40.4 Å². The summed E-state index contributed by atoms with van der Waals surface area (Å²) in [5.41, 5.74) is 4.96. The van der Waals surface area contributed by atoms with Gasteiger partial charge in [0.1, 0.15) is 34.6 Å². The topological polar surface area (TPSA) is 255 Å². The number of fused-ring (bicyclic) bond motifs is 1. The van der Waals surface area contributed by atoms with Crippen LogP contribution in [0.4, 0.5) is 16.4 Å². The molecule has 5 rings (SSSR count). The third-order valence-corrected chi connectivity index (χ3v) is 9.17. The number of phenolic OH excluding ortho intramolecular Hbond substituents is 1. The highest BCUT2D eigenvalue weighted by atomic mass is 32.2. The van der Waals surface area contributed by atoms with E-state index in [1.807, 2.05) is 0 Å². The molecule has 3 atom stereocenters. The first-order valence-corrected chi connectivity index (χ1v) is 14.8. The van der Waals surface area contributed by atoms with Crippen molar-refractivity contribution < 1.29 is 29.4 Å². The lowest BCUT2D eigenvalue weighted by Gasteiger charge is -2.49. The van der Waals surface area contributed by atoms with Crippen molar-refractivity contribution in [3.63, 3.8) is 0 Å². The standard InChI is InChI=1S/C24H25N11O7S2/c1-26-23-27-7-13(17(37)29-23)34(22(25)42)15(10-3-5-12(36)6-4-10)18(38)28-14-19(39)35-16(21(40)41)11(8-43-20(14)35)9-44-24-30-31-32-33(24)2/h3-7,14-15,20,36H,8-9H2,1-2H3,(H2,25,42)(H,28,38)(H,40,41)(H2,26,27,29,37)/t14?,15?,20-/m1/s1. The molecule has 0 radical (unpaired) electrons. The molecule has 18 nitrogen and oxygen atoms in total. The highest BCUT2D eigenvalue weighted by Crippen LogP contribution is 2.42. The van der Waals surface area contributed by atoms with Crippen LogP contribution >= 0.6 is 23.5 Å². The number of aryl methyl sites for hydroxylation is 1. The number of hydrogen-bond acceptors (Lipinski definition) is 13. The van der Waals surface area contributed by atoms with Gasteiger partial charge in [0.25, 0.3) is 11.5 Å². The molecule has 2 aliphatic rings. The molecule has 2 aromatic heterocycles. The van der Waals surface area contributed by atoms with Gasteiger partial charge in [-0.25, -0.2) is 19.3 Å². The van der Waals surface area contributed by atoms with Gasteiger partial charge >= 0.3 is 12.0 Å². The molecular weight excluding hydrogens is 618 g/mol. The Kier molecular flexibility index (Phi) is 8.45. The van der Waals surface area contributed by atoms with Gasteiger partial charge in [0.05, 0.1) is 6.20 Å². The second kappa shape index (κ2) is 12.2. The van der Waals surface area contributed by atoms with Crippen LogP contribution in [0.25, 0.3) is 0 Å². The van der Waals surface area contributed by atoms with Crippen LogP contribution in [0.3, 0.4) is 0 Å². The minimum Gasteiger partial charge on any atom is -0.508 e. The molecule has 0 aliphatic carbocycles. The number of anilines is 2. The van der Waals surface area contributed by atoms with Crippen molar-refractivity contribution in [3.05, 3.63) is 57.6 Å². The van der Waals surface area contributed by atoms with Crippen LogP contribution in [0, 0.1) is 0 Å². The molecule has 7 N–H and O–H groups in total. The van der Waals surface area contributed by atoms with Crippen LogP contribution in [0.2, 0.25) is 0 Å². The number of carbonyl (C=O) groups excluding carboxylic acids is 3. The third kappa shape index (κ3) is 5.63. The number of hydrogen-bond donors (Lipinski definition) is 6. The fourth-order valence-electron chi connectivity index (χ4n) is 4.67. The summed E-state index contributed by atoms with van der Waals surface area (Å²) in [5.74, 6) is -2.45. The molecule has 230 valence electrons. The Hall–Kier alpha value is -5.11. The van der Waals surface area contributed by atoms with Gasteiger partial charge < -0.3 is 26.6 Å². The number of aromatic amines is 1. The lowest BCUT2D eigenvalue weighted by molar-refractivity contribution is -0.150. The number of nitrogens with two attached hydrogens (primary N) is 1. The van der Waals surface area contributed by atoms with E-state index in [1.165, 1.54) is 59.5 Å². The van der Waals surface area contributed by atoms with Crippen LogP contribution in [-0.4, -0.2) is 99.1 Å². The highest BCUT2D eigenvalue weighted by molar-refractivity contribution is 8.01. The number of primary amides is 1. The van der Waals surface area contributed by atoms with E-state index in [0.29, 0.717) is 10.7 Å². The number of nitrogens with zero attached hydrogens (tertiary/aromatic N) is 7. The monoisotopic (exact) mass is 643 g/mol. The van der Waals surface area contributed by atoms with Crippen LogP contribution in [0.15, 0.2) is 51.7 Å². The fraction of sp³-hybridized carbons (Fsp3) is 0.292. The maximum atomic E-state index is 13.9. The van der Waals surface area contributed by atoms with Crippen LogP contribution in [0.5, 0.6) is 5.75 Å². The quantitative estimate of drug-likeness (QED) is 0.117. The molecule has 3 aromatic rings. The maximum Gasteiger partial charge on any atom is 0.352 e. The Morgan fingerprint density at radius 3 is 2.59 bits per heavy atom. The van der Waals surface area contributed by atoms with Crippen molar-refractivity contribution in [2.24, 2.45) is 12.8 Å². The lowest BCUT2D eigenvalue weighted by Crippen LogP contribution is -2.71. The number of aromatic nitrogens is 6. The van der Waals surface area contributed by atoms with E-state index in [9.17, 15) is 34.2 Å². The van der Waals surface area contributed by atoms with Gasteiger partial charge in [0, 0.05) is 25.6 Å². The summed E-state index contributed by atoms with van der Waals surface area (Å²) in [6.07, 6.45) is 1.06. The largest absolute Gasteiger partial charge is 0.508 e. The summed E-state index contributed by atoms with van der Waals surface area (Å²) < 4.78 is 1.43. The lowest BCUT2D eigenvalue weighted by atomic mass is 10.00. The van der Waals surface area contributed by atoms with Crippen molar-refractivity contribution in [1.29, 1.82) is 0 Å². The number of rotatable bonds is 10. The zero-order chi connectivity index (χ0) is 31.7. The summed E-state index contributed by atoms with van der Waals surface area (Å²) >= 11 is 2.46. The van der Waals surface area contributed by atoms with Crippen LogP contribution in [-0.2, 0) is 21.4 Å². The number of carboxylic acid groups (broad SMARTS) is 1. The van der Waals surface area contributed by atoms with E-state index < -0.39 is 46.8 Å². The Labute approximate surface area is 256 Å². The summed E-state index contributed by atoms with van der Waals surface area (Å²) in [4.78, 5) is 73.3. The van der Waals surface area contributed by atoms with E-state index in [-0.39, 0.29) is 40.2 Å². The van der Waals surface area contributed by atoms with E-state index in [1.54, 1.807) is 7.05 Å². The first-order chi connectivity index (χ1) is 21.0. The zero-order valence-corrected chi connectivity index (χ0v) is 24.6. The number of amides is 4. The average Bonchev–Trinajstić information content (AvgIpc) is 3.41. The smallest absolute Gasteiger partial charge is 0.352 e. The van der Waals surface area contributed by atoms with E-state index in [2.05, 4.69) is 36.1 Å². The van der Waals surface area contributed by atoms with Gasteiger partial charge in [0.15, 0.2) is 0 Å². The predicted molar refractivity (Wildman–Crippen MR) is 157 cm³/mol. The summed E-state index contributed by atoms with van der Waals surface area (Å²) in [6, 6.07) is 1.35. The SMILES string of the molecule is CNc1ncc(N(C(N)=O)C(C(=O)NC2C(=O)N3C(C(=O)O)=C(CSc4nnnn4C)CS[C@H]23)c2ccc(O)cc2)c(=O)[nH]1. The number of aliphatic carboxylic acids is 1. The number of benzene rings is 1. The second-order valence-electron chi connectivity index (χ2n) is 9.43. The number of urea groups is 1. The van der Waals surface area contributed by atoms with Crippen LogP contribution in [0.1, 0.15) is 11.6 Å². The average molecular weight is 644 g/mol. The molecule has 0 spiro atoms. The number of carbonyl (C=O) groups is 4. The van der Waals surface area contributed by atoms with Crippen LogP contribution < -0.4 is 26.8 Å². The molecule has 1 fully saturated rings. The minimum absolute atomic E-state index is 0.0941. The Bertz CT molecular complexity index is 1730. The maximum absolute atomic E-state index is 13.9. The van der Waals surface area contributed by atoms with E-state index >= 15 is 0 Å². The molecule has 4 amide bonds. The van der Waals surface area contributed by atoms with Crippen molar-refractivity contribution >= 4 is 59.0 Å². The summed E-state index contributed by atoms with van der Waals surface area (Å²) in [7, 11) is 3.16. The highest BCUT2D eigenvalue weighted by Gasteiger charge is 2.55. The molecule has 0 bridgehead atoms. The van der Waals surface area contributed by atoms with Gasteiger partial charge in [-0.15, -0.1) is 16.9 Å². The number of carboxylic acids is 1. The fourth-order valence-corrected chi connectivity index (χ4v) is 7.00. The number of aromatic hydroxyl groups is 1. The number of phenols is 1. The third-order valence-electron chi connectivity index (χ3n) is 6.73. The van der Waals surface area contributed by atoms with E-state index in [4.69, 9.17) is 5.73 Å². The molecule has 20 heteroatoms. The molecule has 0 saturated carbocycles. The zero-order valence-electron chi connectivity index (χ0n) is 23.0. The Morgan fingerprint density at radius 1 is 1.27 bits per heavy atom. The normalized spacial score (nSPS) is 18.2. The number of tetrazole rings is 1. The number of β-lactam (4-membered cyclic amide) rings is 1. The number of nitrogens with one attached hydrogen (secondary N) is 3. The molecule has 44 heavy (non-hydrogen) atoms. The van der Waals surface area contributed by atoms with Crippen molar-refractivity contribution in [2.75, 3.05) is 28.8 Å². The Balaban J connectivity index is 1.43. The number of H-pyrrole nitrogens is 1. The van der Waals surface area contributed by atoms with Gasteiger partial charge in [-0.05, 0) is 33.7 Å². The van der Waals surface area contributed by atoms with Gasteiger partial charge in [-0.3, -0.25) is 29.2 Å². The molecule has 1 aromatic carbocycles. The van der Waals surface area contributed by atoms with Gasteiger partial charge in [0.2, 0.25) is 17.0 Å². The minimum atomic E-state index is -1.58. The molecule has 2 aliphatic heterocycles. The predicted octanol–water partition coefficient (Wildman–Crippen LogP) is -0.802. The van der Waals surface area contributed by atoms with Crippen molar-refractivity contribution in [2.45, 2.75) is 22.6 Å². The summed E-state index contributed by atoms with van der Waals surface area (Å²) in [6.45, 7) is 0. The summed E-state index contributed by atoms with van der Waals surface area (Å²) in [5, 5.41) is 35.9.